The van der Waals surface area contributed by atoms with Gasteiger partial charge in [0.25, 0.3) is 0 Å². The summed E-state index contributed by atoms with van der Waals surface area (Å²) in [5.74, 6) is -0.106. The number of hydrogen-bond acceptors (Lipinski definition) is 3. The van der Waals surface area contributed by atoms with Crippen molar-refractivity contribution in [2.45, 2.75) is 26.8 Å². The molecule has 0 aliphatic rings. The fraction of sp³-hybridized carbons (Fsp3) is 0.353. The smallest absolute Gasteiger partial charge is 0.165 e. The SMILES string of the molecule is CCNC(c1ccc(OC)c(F)c1)c1ncc(C)cc1C. The van der Waals surface area contributed by atoms with Gasteiger partial charge >= 0.3 is 0 Å². The van der Waals surface area contributed by atoms with Crippen LogP contribution in [-0.2, 0) is 0 Å². The predicted octanol–water partition coefficient (Wildman–Crippen LogP) is 3.55. The quantitative estimate of drug-likeness (QED) is 0.913. The second kappa shape index (κ2) is 6.68. The molecule has 2 rings (SSSR count). The number of nitrogens with zero attached hydrogens (tertiary/aromatic N) is 1. The Kier molecular flexibility index (Phi) is 4.91. The van der Waals surface area contributed by atoms with Crippen molar-refractivity contribution < 1.29 is 9.13 Å². The van der Waals surface area contributed by atoms with Gasteiger partial charge in [-0.25, -0.2) is 4.39 Å². The van der Waals surface area contributed by atoms with E-state index >= 15 is 0 Å². The number of benzene rings is 1. The first-order valence-electron chi connectivity index (χ1n) is 7.06. The van der Waals surface area contributed by atoms with Crippen molar-refractivity contribution in [1.29, 1.82) is 0 Å². The van der Waals surface area contributed by atoms with E-state index in [-0.39, 0.29) is 17.6 Å². The third-order valence-electron chi connectivity index (χ3n) is 3.45. The minimum Gasteiger partial charge on any atom is -0.494 e. The van der Waals surface area contributed by atoms with Crippen LogP contribution in [-0.4, -0.2) is 18.6 Å². The Morgan fingerprint density at radius 3 is 2.62 bits per heavy atom. The minimum absolute atomic E-state index is 0.129. The van der Waals surface area contributed by atoms with Crippen LogP contribution in [0.15, 0.2) is 30.5 Å². The Labute approximate surface area is 125 Å². The standard InChI is InChI=1S/C17H21FN2O/c1-5-19-17(16-12(3)8-11(2)10-20-16)13-6-7-15(21-4)14(18)9-13/h6-10,17,19H,5H2,1-4H3. The van der Waals surface area contributed by atoms with Crippen LogP contribution >= 0.6 is 0 Å². The van der Waals surface area contributed by atoms with Gasteiger partial charge in [0.1, 0.15) is 0 Å². The lowest BCUT2D eigenvalue weighted by molar-refractivity contribution is 0.385. The fourth-order valence-corrected chi connectivity index (χ4v) is 2.47. The molecular weight excluding hydrogens is 267 g/mol. The zero-order valence-corrected chi connectivity index (χ0v) is 12.9. The predicted molar refractivity (Wildman–Crippen MR) is 82.2 cm³/mol. The van der Waals surface area contributed by atoms with Crippen molar-refractivity contribution >= 4 is 0 Å². The van der Waals surface area contributed by atoms with Crippen LogP contribution in [0.2, 0.25) is 0 Å². The lowest BCUT2D eigenvalue weighted by Crippen LogP contribution is -2.24. The van der Waals surface area contributed by atoms with E-state index in [0.29, 0.717) is 0 Å². The molecule has 21 heavy (non-hydrogen) atoms. The van der Waals surface area contributed by atoms with E-state index in [1.54, 1.807) is 6.07 Å². The Balaban J connectivity index is 2.45. The Hall–Kier alpha value is -1.94. The zero-order chi connectivity index (χ0) is 15.4. The molecular formula is C17H21FN2O. The molecule has 0 radical (unpaired) electrons. The summed E-state index contributed by atoms with van der Waals surface area (Å²) < 4.78 is 18.9. The van der Waals surface area contributed by atoms with Crippen molar-refractivity contribution in [3.8, 4) is 5.75 Å². The van der Waals surface area contributed by atoms with Crippen LogP contribution in [0.25, 0.3) is 0 Å². The van der Waals surface area contributed by atoms with Gasteiger partial charge in [0, 0.05) is 6.20 Å². The molecule has 3 nitrogen and oxygen atoms in total. The lowest BCUT2D eigenvalue weighted by atomic mass is 9.99. The number of hydrogen-bond donors (Lipinski definition) is 1. The van der Waals surface area contributed by atoms with Gasteiger partial charge in [0.2, 0.25) is 0 Å². The van der Waals surface area contributed by atoms with Crippen LogP contribution in [0.5, 0.6) is 5.75 Å². The first kappa shape index (κ1) is 15.4. The van der Waals surface area contributed by atoms with Gasteiger partial charge in [-0.05, 0) is 49.2 Å². The van der Waals surface area contributed by atoms with E-state index in [9.17, 15) is 4.39 Å². The number of methoxy groups -OCH3 is 1. The maximum atomic E-state index is 14.0. The average Bonchev–Trinajstić information content (AvgIpc) is 2.45. The summed E-state index contributed by atoms with van der Waals surface area (Å²) >= 11 is 0. The summed E-state index contributed by atoms with van der Waals surface area (Å²) in [4.78, 5) is 4.53. The molecule has 1 aromatic heterocycles. The van der Waals surface area contributed by atoms with Gasteiger partial charge in [-0.3, -0.25) is 4.98 Å². The summed E-state index contributed by atoms with van der Waals surface area (Å²) in [7, 11) is 1.46. The highest BCUT2D eigenvalue weighted by atomic mass is 19.1. The Morgan fingerprint density at radius 2 is 2.05 bits per heavy atom. The van der Waals surface area contributed by atoms with Crippen LogP contribution in [0.4, 0.5) is 4.39 Å². The molecule has 0 spiro atoms. The van der Waals surface area contributed by atoms with Gasteiger partial charge in [0.15, 0.2) is 11.6 Å². The average molecular weight is 288 g/mol. The van der Waals surface area contributed by atoms with Gasteiger partial charge in [-0.2, -0.15) is 0 Å². The summed E-state index contributed by atoms with van der Waals surface area (Å²) in [5.41, 5.74) is 3.98. The summed E-state index contributed by atoms with van der Waals surface area (Å²) in [6.07, 6.45) is 1.84. The Morgan fingerprint density at radius 1 is 1.29 bits per heavy atom. The molecule has 1 atom stereocenters. The Bertz CT molecular complexity index is 628. The van der Waals surface area contributed by atoms with Crippen LogP contribution in [0.1, 0.15) is 35.3 Å². The number of aryl methyl sites for hydroxylation is 2. The molecule has 0 aliphatic carbocycles. The zero-order valence-electron chi connectivity index (χ0n) is 12.9. The summed E-state index contributed by atoms with van der Waals surface area (Å²) in [6, 6.07) is 6.99. The number of nitrogens with one attached hydrogen (secondary N) is 1. The summed E-state index contributed by atoms with van der Waals surface area (Å²) in [5, 5.41) is 3.37. The van der Waals surface area contributed by atoms with E-state index in [1.807, 2.05) is 33.0 Å². The second-order valence-corrected chi connectivity index (χ2v) is 5.10. The first-order chi connectivity index (χ1) is 10.1. The fourth-order valence-electron chi connectivity index (χ4n) is 2.47. The topological polar surface area (TPSA) is 34.1 Å². The molecule has 0 fully saturated rings. The molecule has 112 valence electrons. The molecule has 0 saturated carbocycles. The van der Waals surface area contributed by atoms with Crippen molar-refractivity contribution in [2.75, 3.05) is 13.7 Å². The number of rotatable bonds is 5. The number of pyridine rings is 1. The van der Waals surface area contributed by atoms with Gasteiger partial charge in [-0.15, -0.1) is 0 Å². The third-order valence-corrected chi connectivity index (χ3v) is 3.45. The lowest BCUT2D eigenvalue weighted by Gasteiger charge is -2.20. The van der Waals surface area contributed by atoms with E-state index in [4.69, 9.17) is 4.74 Å². The van der Waals surface area contributed by atoms with Crippen LogP contribution in [0.3, 0.4) is 0 Å². The van der Waals surface area contributed by atoms with Crippen LogP contribution < -0.4 is 10.1 Å². The maximum Gasteiger partial charge on any atom is 0.165 e. The molecule has 0 saturated heterocycles. The van der Waals surface area contributed by atoms with Crippen molar-refractivity contribution in [3.63, 3.8) is 0 Å². The monoisotopic (exact) mass is 288 g/mol. The van der Waals surface area contributed by atoms with E-state index in [0.717, 1.165) is 28.9 Å². The van der Waals surface area contributed by atoms with Crippen molar-refractivity contribution in [1.82, 2.24) is 10.3 Å². The van der Waals surface area contributed by atoms with Gasteiger partial charge < -0.3 is 10.1 Å². The molecule has 0 bridgehead atoms. The molecule has 2 aromatic rings. The van der Waals surface area contributed by atoms with Gasteiger partial charge in [-0.1, -0.05) is 19.1 Å². The number of ether oxygens (including phenoxy) is 1. The maximum absolute atomic E-state index is 14.0. The third kappa shape index (κ3) is 3.39. The van der Waals surface area contributed by atoms with E-state index < -0.39 is 0 Å². The normalized spacial score (nSPS) is 12.2. The molecule has 0 aliphatic heterocycles. The largest absolute Gasteiger partial charge is 0.494 e. The molecule has 1 heterocycles. The van der Waals surface area contributed by atoms with Crippen molar-refractivity contribution in [2.24, 2.45) is 0 Å². The van der Waals surface area contributed by atoms with E-state index in [2.05, 4.69) is 16.4 Å². The molecule has 1 N–H and O–H groups in total. The molecule has 1 aromatic carbocycles. The first-order valence-corrected chi connectivity index (χ1v) is 7.06. The second-order valence-electron chi connectivity index (χ2n) is 5.10. The van der Waals surface area contributed by atoms with Crippen molar-refractivity contribution in [3.05, 3.63) is 58.7 Å². The number of halogens is 1. The van der Waals surface area contributed by atoms with Crippen LogP contribution in [0, 0.1) is 19.7 Å². The number of aromatic nitrogens is 1. The summed E-state index contributed by atoms with van der Waals surface area (Å²) in [6.45, 7) is 6.84. The highest BCUT2D eigenvalue weighted by Crippen LogP contribution is 2.27. The van der Waals surface area contributed by atoms with E-state index in [1.165, 1.54) is 13.2 Å². The molecule has 1 unspecified atom stereocenters. The van der Waals surface area contributed by atoms with Gasteiger partial charge in [0.05, 0.1) is 18.8 Å². The highest BCUT2D eigenvalue weighted by Gasteiger charge is 2.18. The highest BCUT2D eigenvalue weighted by molar-refractivity contribution is 5.37. The minimum atomic E-state index is -0.359. The molecule has 0 amide bonds. The molecule has 4 heteroatoms.